The number of hydrogen-bond acceptors (Lipinski definition) is 7. The van der Waals surface area contributed by atoms with Crippen molar-refractivity contribution in [1.29, 1.82) is 0 Å². The molecule has 14 heteroatoms. The van der Waals surface area contributed by atoms with Crippen LogP contribution in [0.4, 0.5) is 23.2 Å². The van der Waals surface area contributed by atoms with Gasteiger partial charge >= 0.3 is 12.1 Å². The zero-order valence-corrected chi connectivity index (χ0v) is 23.2. The number of nitrogens with zero attached hydrogens (tertiary/aromatic N) is 4. The maximum atomic E-state index is 13.6. The summed E-state index contributed by atoms with van der Waals surface area (Å²) < 4.78 is 50.8. The van der Waals surface area contributed by atoms with Crippen LogP contribution in [-0.4, -0.2) is 69.4 Å². The molecule has 0 aliphatic carbocycles. The number of imidazole rings is 1. The Morgan fingerprint density at radius 3 is 2.49 bits per heavy atom. The molecule has 226 valence electrons. The quantitative estimate of drug-likeness (QED) is 0.265. The largest absolute Gasteiger partial charge is 0.490 e. The molecule has 10 nitrogen and oxygen atoms in total. The van der Waals surface area contributed by atoms with Gasteiger partial charge in [0.1, 0.15) is 17.2 Å². The van der Waals surface area contributed by atoms with E-state index >= 15 is 0 Å². The number of aliphatic carboxylic acids is 1. The number of rotatable bonds is 6. The van der Waals surface area contributed by atoms with Crippen LogP contribution in [0.15, 0.2) is 61.1 Å². The number of carboxylic acids is 1. The number of aromatic amines is 1. The molecule has 1 atom stereocenters. The molecule has 1 amide bonds. The van der Waals surface area contributed by atoms with Gasteiger partial charge in [0.25, 0.3) is 5.91 Å². The standard InChI is InChI=1S/C27H27FN6O2.C2HF3O2/c1-17(19-4-3-5-22(28)12-19)32-27(35)25-18(2)31-26(33-25)24-14-20(6-7-30-24)21-13-23(16-29-15-21)34-8-10-36-11-9-34;3-2(4,5)1(6)7/h3-7,12-17H,8-11H2,1-2H3,(H,31,33)(H,32,35);(H,6,7). The molecule has 0 saturated carbocycles. The number of carboxylic acid groups (broad SMARTS) is 1. The fourth-order valence-corrected chi connectivity index (χ4v) is 4.25. The molecule has 4 aromatic rings. The number of hydrogen-bond donors (Lipinski definition) is 3. The summed E-state index contributed by atoms with van der Waals surface area (Å²) >= 11 is 0. The van der Waals surface area contributed by atoms with Crippen molar-refractivity contribution in [3.8, 4) is 22.6 Å². The van der Waals surface area contributed by atoms with Crippen LogP contribution in [-0.2, 0) is 9.53 Å². The van der Waals surface area contributed by atoms with Gasteiger partial charge in [-0.1, -0.05) is 12.1 Å². The average molecular weight is 601 g/mol. The highest BCUT2D eigenvalue weighted by molar-refractivity contribution is 5.94. The second-order valence-corrected chi connectivity index (χ2v) is 9.57. The Morgan fingerprint density at radius 1 is 1.09 bits per heavy atom. The number of aromatic nitrogens is 4. The number of benzene rings is 1. The predicted octanol–water partition coefficient (Wildman–Crippen LogP) is 4.94. The van der Waals surface area contributed by atoms with Gasteiger partial charge in [0.2, 0.25) is 0 Å². The van der Waals surface area contributed by atoms with Gasteiger partial charge in [0.05, 0.1) is 31.1 Å². The van der Waals surface area contributed by atoms with Crippen LogP contribution in [0.5, 0.6) is 0 Å². The summed E-state index contributed by atoms with van der Waals surface area (Å²) in [7, 11) is 0. The summed E-state index contributed by atoms with van der Waals surface area (Å²) in [4.78, 5) is 40.7. The first-order chi connectivity index (χ1) is 20.4. The first kappa shape index (κ1) is 31.1. The van der Waals surface area contributed by atoms with E-state index in [2.05, 4.69) is 36.2 Å². The summed E-state index contributed by atoms with van der Waals surface area (Å²) in [5.74, 6) is -2.95. The van der Waals surface area contributed by atoms with E-state index in [0.29, 0.717) is 36.0 Å². The number of nitrogens with one attached hydrogen (secondary N) is 2. The predicted molar refractivity (Wildman–Crippen MR) is 149 cm³/mol. The van der Waals surface area contributed by atoms with E-state index in [4.69, 9.17) is 14.6 Å². The molecule has 43 heavy (non-hydrogen) atoms. The zero-order chi connectivity index (χ0) is 31.1. The van der Waals surface area contributed by atoms with Gasteiger partial charge in [-0.2, -0.15) is 13.2 Å². The van der Waals surface area contributed by atoms with E-state index in [0.717, 1.165) is 29.9 Å². The number of pyridine rings is 2. The van der Waals surface area contributed by atoms with Crippen molar-refractivity contribution in [3.63, 3.8) is 0 Å². The number of ether oxygens (including phenoxy) is 1. The fourth-order valence-electron chi connectivity index (χ4n) is 4.25. The number of morpholine rings is 1. The molecular weight excluding hydrogens is 572 g/mol. The lowest BCUT2D eigenvalue weighted by Crippen LogP contribution is -2.36. The topological polar surface area (TPSA) is 133 Å². The van der Waals surface area contributed by atoms with Crippen LogP contribution < -0.4 is 10.2 Å². The highest BCUT2D eigenvalue weighted by Gasteiger charge is 2.38. The Labute approximate surface area is 243 Å². The second kappa shape index (κ2) is 13.4. The van der Waals surface area contributed by atoms with Gasteiger partial charge in [-0.05, 0) is 55.3 Å². The first-order valence-corrected chi connectivity index (χ1v) is 13.1. The number of H-pyrrole nitrogens is 1. The Balaban J connectivity index is 0.000000541. The molecule has 3 aromatic heterocycles. The maximum Gasteiger partial charge on any atom is 0.490 e. The zero-order valence-electron chi connectivity index (χ0n) is 23.2. The smallest absolute Gasteiger partial charge is 0.475 e. The van der Waals surface area contributed by atoms with Crippen molar-refractivity contribution in [3.05, 3.63) is 83.8 Å². The van der Waals surface area contributed by atoms with Crippen LogP contribution in [0.3, 0.4) is 0 Å². The SMILES string of the molecule is Cc1[nH]c(-c2cc(-c3cncc(N4CCOCC4)c3)ccn2)nc1C(=O)NC(C)c1cccc(F)c1.O=C(O)C(F)(F)F. The average Bonchev–Trinajstić information content (AvgIpc) is 3.39. The molecule has 1 fully saturated rings. The lowest BCUT2D eigenvalue weighted by atomic mass is 10.1. The van der Waals surface area contributed by atoms with E-state index in [1.807, 2.05) is 24.5 Å². The molecule has 1 unspecified atom stereocenters. The summed E-state index contributed by atoms with van der Waals surface area (Å²) in [5.41, 5.74) is 5.15. The summed E-state index contributed by atoms with van der Waals surface area (Å²) in [6.45, 7) is 6.68. The van der Waals surface area contributed by atoms with Crippen molar-refractivity contribution >= 4 is 17.6 Å². The summed E-state index contributed by atoms with van der Waals surface area (Å²) in [5, 5.41) is 10.0. The minimum atomic E-state index is -5.08. The molecule has 0 spiro atoms. The number of halogens is 4. The van der Waals surface area contributed by atoms with Crippen molar-refractivity contribution in [1.82, 2.24) is 25.3 Å². The van der Waals surface area contributed by atoms with E-state index < -0.39 is 12.1 Å². The Kier molecular flexibility index (Phi) is 9.70. The molecule has 3 N–H and O–H groups in total. The number of carbonyl (C=O) groups excluding carboxylic acids is 1. The number of aryl methyl sites for hydroxylation is 1. The summed E-state index contributed by atoms with van der Waals surface area (Å²) in [6.07, 6.45) is 0.321. The normalized spacial score (nSPS) is 14.0. The molecule has 1 aliphatic rings. The number of alkyl halides is 3. The van der Waals surface area contributed by atoms with Gasteiger partial charge in [-0.25, -0.2) is 14.2 Å². The maximum absolute atomic E-state index is 13.6. The van der Waals surface area contributed by atoms with Crippen LogP contribution in [0.25, 0.3) is 22.6 Å². The van der Waals surface area contributed by atoms with Gasteiger partial charge in [-0.3, -0.25) is 14.8 Å². The number of anilines is 1. The molecule has 0 bridgehead atoms. The summed E-state index contributed by atoms with van der Waals surface area (Å²) in [6, 6.07) is 11.8. The fraction of sp³-hybridized carbons (Fsp3) is 0.276. The van der Waals surface area contributed by atoms with Crippen LogP contribution >= 0.6 is 0 Å². The van der Waals surface area contributed by atoms with E-state index in [9.17, 15) is 22.4 Å². The van der Waals surface area contributed by atoms with Crippen LogP contribution in [0, 0.1) is 12.7 Å². The van der Waals surface area contributed by atoms with Gasteiger partial charge in [0, 0.05) is 36.7 Å². The highest BCUT2D eigenvalue weighted by Crippen LogP contribution is 2.27. The van der Waals surface area contributed by atoms with E-state index in [-0.39, 0.29) is 23.5 Å². The minimum Gasteiger partial charge on any atom is -0.475 e. The second-order valence-electron chi connectivity index (χ2n) is 9.57. The lowest BCUT2D eigenvalue weighted by molar-refractivity contribution is -0.192. The first-order valence-electron chi connectivity index (χ1n) is 13.1. The number of amides is 1. The molecule has 0 radical (unpaired) electrons. The molecule has 1 aromatic carbocycles. The lowest BCUT2D eigenvalue weighted by Gasteiger charge is -2.28. The molecular formula is C29H28F4N6O4. The monoisotopic (exact) mass is 600 g/mol. The highest BCUT2D eigenvalue weighted by atomic mass is 19.4. The van der Waals surface area contributed by atoms with E-state index in [1.54, 1.807) is 32.2 Å². The third kappa shape index (κ3) is 8.13. The Hall–Kier alpha value is -4.85. The van der Waals surface area contributed by atoms with Crippen LogP contribution in [0.1, 0.15) is 34.7 Å². The molecule has 4 heterocycles. The van der Waals surface area contributed by atoms with Crippen molar-refractivity contribution < 1.29 is 37.0 Å². The molecule has 1 saturated heterocycles. The third-order valence-corrected chi connectivity index (χ3v) is 6.47. The Bertz CT molecular complexity index is 1590. The van der Waals surface area contributed by atoms with Crippen LogP contribution in [0.2, 0.25) is 0 Å². The third-order valence-electron chi connectivity index (χ3n) is 6.47. The number of carbonyl (C=O) groups is 2. The molecule has 1 aliphatic heterocycles. The van der Waals surface area contributed by atoms with Crippen molar-refractivity contribution in [2.24, 2.45) is 0 Å². The van der Waals surface area contributed by atoms with Gasteiger partial charge < -0.3 is 25.0 Å². The van der Waals surface area contributed by atoms with E-state index in [1.165, 1.54) is 12.1 Å². The van der Waals surface area contributed by atoms with Gasteiger partial charge in [0.15, 0.2) is 5.82 Å². The van der Waals surface area contributed by atoms with Crippen molar-refractivity contribution in [2.75, 3.05) is 31.2 Å². The molecule has 5 rings (SSSR count). The Morgan fingerprint density at radius 2 is 1.81 bits per heavy atom. The van der Waals surface area contributed by atoms with Gasteiger partial charge in [-0.15, -0.1) is 0 Å². The minimum absolute atomic E-state index is 0.274. The van der Waals surface area contributed by atoms with Crippen molar-refractivity contribution in [2.45, 2.75) is 26.1 Å².